The van der Waals surface area contributed by atoms with Gasteiger partial charge in [-0.05, 0) is 0 Å². The molecule has 7 heavy (non-hydrogen) atoms. The predicted molar refractivity (Wildman–Crippen MR) is 29.3 cm³/mol. The molecule has 0 aromatic rings. The molecule has 0 radical (unpaired) electrons. The van der Waals surface area contributed by atoms with E-state index in [0.29, 0.717) is 0 Å². The molecule has 0 aliphatic heterocycles. The molecule has 42 valence electrons. The fraction of sp³-hybridized carbons (Fsp3) is 1.00. The zero-order valence-electron chi connectivity index (χ0n) is 4.76. The van der Waals surface area contributed by atoms with E-state index in [4.69, 9.17) is 0 Å². The molecule has 0 aromatic heterocycles. The van der Waals surface area contributed by atoms with Crippen molar-refractivity contribution in [3.05, 3.63) is 0 Å². The zero-order chi connectivity index (χ0) is 4.28. The number of hydrogen-bond donors (Lipinski definition) is 0. The molecule has 0 heterocycles. The van der Waals surface area contributed by atoms with Crippen LogP contribution in [0.2, 0.25) is 5.28 Å². The van der Waals surface area contributed by atoms with E-state index in [1.54, 1.807) is 0 Å². The molecule has 3 heteroatoms. The van der Waals surface area contributed by atoms with Crippen molar-refractivity contribution in [1.82, 2.24) is 0 Å². The third kappa shape index (κ3) is 21.3. The van der Waals surface area contributed by atoms with Gasteiger partial charge in [0.05, 0.1) is 0 Å². The van der Waals surface area contributed by atoms with Gasteiger partial charge < -0.3 is 11.0 Å². The monoisotopic (exact) mass is 118 g/mol. The average molecular weight is 118 g/mol. The Labute approximate surface area is 53.0 Å². The molecule has 0 saturated carbocycles. The smallest absolute Gasteiger partial charge is 0.870 e. The molecular formula is C4H11AlO2. The summed E-state index contributed by atoms with van der Waals surface area (Å²) in [5.74, 6) is 0.847. The van der Waals surface area contributed by atoms with Crippen molar-refractivity contribution in [1.29, 1.82) is 0 Å². The molecule has 0 atom stereocenters. The Morgan fingerprint density at radius 3 is 1.43 bits per heavy atom. The van der Waals surface area contributed by atoms with Crippen LogP contribution in [-0.2, 0) is 0 Å². The molecule has 0 aromatic carbocycles. The summed E-state index contributed by atoms with van der Waals surface area (Å²) >= 11 is 2.69. The van der Waals surface area contributed by atoms with E-state index in [2.05, 4.69) is 30.1 Å². The molecule has 0 unspecified atom stereocenters. The van der Waals surface area contributed by atoms with Crippen LogP contribution < -0.4 is 0 Å². The average Bonchev–Trinajstić information content (AvgIpc) is 1.38. The normalized spacial score (nSPS) is 7.00. The summed E-state index contributed by atoms with van der Waals surface area (Å²) in [6, 6.07) is 0. The SMILES string of the molecule is CC(C)[CH2][Al+2].[OH-].[OH-]. The van der Waals surface area contributed by atoms with E-state index in [0.717, 1.165) is 5.92 Å². The van der Waals surface area contributed by atoms with Gasteiger partial charge in [0.1, 0.15) is 0 Å². The molecule has 0 aliphatic carbocycles. The maximum atomic E-state index is 2.69. The molecule has 0 rings (SSSR count). The Kier molecular flexibility index (Phi) is 21.6. The van der Waals surface area contributed by atoms with Gasteiger partial charge in [0, 0.05) is 0 Å². The molecule has 2 N–H and O–H groups in total. The zero-order valence-corrected chi connectivity index (χ0v) is 5.91. The van der Waals surface area contributed by atoms with Gasteiger partial charge in [-0.1, -0.05) is 0 Å². The first kappa shape index (κ1) is 15.7. The molecule has 0 amide bonds. The molecule has 0 spiro atoms. The first-order chi connectivity index (χ1) is 2.27. The van der Waals surface area contributed by atoms with Gasteiger partial charge in [-0.25, -0.2) is 0 Å². The summed E-state index contributed by atoms with van der Waals surface area (Å²) in [6.07, 6.45) is 0. The summed E-state index contributed by atoms with van der Waals surface area (Å²) in [6.45, 7) is 4.40. The van der Waals surface area contributed by atoms with Crippen LogP contribution in [0.1, 0.15) is 13.8 Å². The summed E-state index contributed by atoms with van der Waals surface area (Å²) in [4.78, 5) is 0. The van der Waals surface area contributed by atoms with Crippen molar-refractivity contribution in [2.75, 3.05) is 0 Å². The van der Waals surface area contributed by atoms with Gasteiger partial charge in [0.15, 0.2) is 0 Å². The maximum Gasteiger partial charge on any atom is -0.870 e. The predicted octanol–water partition coefficient (Wildman–Crippen LogP) is 0.876. The Balaban J connectivity index is -0.0000000800. The van der Waals surface area contributed by atoms with Crippen molar-refractivity contribution in [2.45, 2.75) is 19.1 Å². The van der Waals surface area contributed by atoms with Crippen LogP contribution in [0.25, 0.3) is 0 Å². The third-order valence-corrected chi connectivity index (χ3v) is 1.41. The van der Waals surface area contributed by atoms with Crippen LogP contribution in [0.3, 0.4) is 0 Å². The minimum absolute atomic E-state index is 0. The molecule has 0 saturated heterocycles. The van der Waals surface area contributed by atoms with Gasteiger partial charge in [-0.3, -0.25) is 0 Å². The van der Waals surface area contributed by atoms with Gasteiger partial charge in [-0.15, -0.1) is 0 Å². The van der Waals surface area contributed by atoms with Gasteiger partial charge in [-0.2, -0.15) is 0 Å². The molecular weight excluding hydrogens is 107 g/mol. The third-order valence-electron chi connectivity index (χ3n) is 0.471. The van der Waals surface area contributed by atoms with Crippen LogP contribution in [-0.4, -0.2) is 27.2 Å². The summed E-state index contributed by atoms with van der Waals surface area (Å²) in [5.41, 5.74) is 0. The molecule has 2 nitrogen and oxygen atoms in total. The second-order valence-corrected chi connectivity index (χ2v) is 2.10. The summed E-state index contributed by atoms with van der Waals surface area (Å²) in [7, 11) is 0. The van der Waals surface area contributed by atoms with Crippen LogP contribution in [0.15, 0.2) is 0 Å². The van der Waals surface area contributed by atoms with Gasteiger partial charge >= 0.3 is 41.3 Å². The number of rotatable bonds is 1. The van der Waals surface area contributed by atoms with E-state index in [1.807, 2.05) is 0 Å². The van der Waals surface area contributed by atoms with E-state index in [1.165, 1.54) is 5.28 Å². The Hall–Kier alpha value is 0.452. The Bertz CT molecular complexity index is 23.7. The van der Waals surface area contributed by atoms with E-state index in [9.17, 15) is 0 Å². The maximum absolute atomic E-state index is 2.69. The van der Waals surface area contributed by atoms with E-state index in [-0.39, 0.29) is 11.0 Å². The largest absolute Gasteiger partial charge is 0.870 e. The second kappa shape index (κ2) is 9.68. The first-order valence-electron chi connectivity index (χ1n) is 1.97. The van der Waals surface area contributed by atoms with Crippen molar-refractivity contribution >= 4 is 16.3 Å². The van der Waals surface area contributed by atoms with Crippen LogP contribution in [0, 0.1) is 5.92 Å². The standard InChI is InChI=1S/C4H9.Al.2H2O/c1-4(2)3;;;/h4H,1H2,2-3H3;;2*1H2/q;+2;;/p-2. The van der Waals surface area contributed by atoms with Crippen molar-refractivity contribution in [2.24, 2.45) is 5.92 Å². The second-order valence-electron chi connectivity index (χ2n) is 1.63. The number of hydrogen-bond acceptors (Lipinski definition) is 2. The van der Waals surface area contributed by atoms with Crippen molar-refractivity contribution < 1.29 is 11.0 Å². The topological polar surface area (TPSA) is 60.0 Å². The van der Waals surface area contributed by atoms with Gasteiger partial charge in [0.2, 0.25) is 0 Å². The minimum atomic E-state index is 0. The van der Waals surface area contributed by atoms with Crippen LogP contribution in [0.4, 0.5) is 0 Å². The summed E-state index contributed by atoms with van der Waals surface area (Å²) < 4.78 is 0. The van der Waals surface area contributed by atoms with E-state index >= 15 is 0 Å². The fourth-order valence-electron chi connectivity index (χ4n) is 0. The van der Waals surface area contributed by atoms with Crippen LogP contribution in [0.5, 0.6) is 0 Å². The molecule has 0 fully saturated rings. The first-order valence-corrected chi connectivity index (χ1v) is 2.79. The van der Waals surface area contributed by atoms with Crippen molar-refractivity contribution in [3.8, 4) is 0 Å². The summed E-state index contributed by atoms with van der Waals surface area (Å²) in [5, 5.41) is 1.22. The molecule has 0 aliphatic rings. The Morgan fingerprint density at radius 2 is 1.43 bits per heavy atom. The molecule has 0 bridgehead atoms. The van der Waals surface area contributed by atoms with E-state index < -0.39 is 0 Å². The van der Waals surface area contributed by atoms with Gasteiger partial charge in [0.25, 0.3) is 0 Å². The minimum Gasteiger partial charge on any atom is -0.870 e. The van der Waals surface area contributed by atoms with Crippen LogP contribution >= 0.6 is 0 Å². The Morgan fingerprint density at radius 1 is 1.29 bits per heavy atom. The fourth-order valence-corrected chi connectivity index (χ4v) is 0. The quantitative estimate of drug-likeness (QED) is 0.479. The van der Waals surface area contributed by atoms with Crippen molar-refractivity contribution in [3.63, 3.8) is 0 Å².